The Hall–Kier alpha value is -1.93. The minimum absolute atomic E-state index is 0.309. The van der Waals surface area contributed by atoms with E-state index in [0.29, 0.717) is 10.9 Å². The summed E-state index contributed by atoms with van der Waals surface area (Å²) in [5.41, 5.74) is 1.57. The lowest BCUT2D eigenvalue weighted by molar-refractivity contribution is 1.44. The molecule has 0 saturated carbocycles. The van der Waals surface area contributed by atoms with Crippen molar-refractivity contribution >= 4 is 41.0 Å². The van der Waals surface area contributed by atoms with Crippen molar-refractivity contribution in [1.29, 1.82) is 0 Å². The number of hydrogen-bond acceptors (Lipinski definition) is 2. The number of nitrogens with zero attached hydrogens (tertiary/aromatic N) is 2. The van der Waals surface area contributed by atoms with E-state index in [2.05, 4.69) is 28.8 Å². The van der Waals surface area contributed by atoms with Gasteiger partial charge in [-0.25, -0.2) is 0 Å². The van der Waals surface area contributed by atoms with Crippen LogP contribution in [-0.2, 0) is 0 Å². The molecule has 0 spiro atoms. The number of fused-ring (bicyclic) bond motifs is 1. The van der Waals surface area contributed by atoms with Crippen molar-refractivity contribution in [3.8, 4) is 0 Å². The Bertz CT molecular complexity index is 642. The summed E-state index contributed by atoms with van der Waals surface area (Å²) in [6.07, 6.45) is 1.69. The smallest absolute Gasteiger partial charge is 0.154 e. The van der Waals surface area contributed by atoms with Gasteiger partial charge in [0.1, 0.15) is 5.70 Å². The maximum Gasteiger partial charge on any atom is 0.154 e. The van der Waals surface area contributed by atoms with Crippen molar-refractivity contribution in [3.63, 3.8) is 0 Å². The highest BCUT2D eigenvalue weighted by Crippen LogP contribution is 2.26. The molecule has 2 rings (SSSR count). The molecule has 0 aliphatic rings. The second-order valence-corrected chi connectivity index (χ2v) is 4.10. The van der Waals surface area contributed by atoms with Crippen LogP contribution in [0.25, 0.3) is 16.5 Å². The van der Waals surface area contributed by atoms with E-state index in [-0.39, 0.29) is 0 Å². The molecule has 0 fully saturated rings. The van der Waals surface area contributed by atoms with E-state index in [4.69, 9.17) is 11.6 Å². The summed E-state index contributed by atoms with van der Waals surface area (Å²) < 4.78 is 0. The first-order valence-corrected chi connectivity index (χ1v) is 5.98. The highest BCUT2D eigenvalue weighted by Gasteiger charge is 2.05. The molecule has 2 aromatic carbocycles. The van der Waals surface area contributed by atoms with Crippen LogP contribution in [0, 0.1) is 0 Å². The fourth-order valence-electron chi connectivity index (χ4n) is 1.79. The van der Waals surface area contributed by atoms with Crippen molar-refractivity contribution in [2.45, 2.75) is 6.92 Å². The predicted molar refractivity (Wildman–Crippen MR) is 80.4 cm³/mol. The summed E-state index contributed by atoms with van der Waals surface area (Å²) in [5, 5.41) is 2.64. The molecule has 0 heterocycles. The summed E-state index contributed by atoms with van der Waals surface area (Å²) >= 11 is 6.03. The van der Waals surface area contributed by atoms with Gasteiger partial charge in [-0.3, -0.25) is 9.98 Å². The Morgan fingerprint density at radius 3 is 2.56 bits per heavy atom. The summed E-state index contributed by atoms with van der Waals surface area (Å²) in [6.45, 7) is 5.28. The normalized spacial score (nSPS) is 12.8. The van der Waals surface area contributed by atoms with E-state index in [1.165, 1.54) is 5.39 Å². The molecular formula is C15H13ClN2. The molecule has 2 aromatic rings. The molecule has 0 saturated heterocycles. The number of halogens is 1. The topological polar surface area (TPSA) is 24.7 Å². The zero-order valence-corrected chi connectivity index (χ0v) is 10.9. The number of rotatable bonds is 3. The van der Waals surface area contributed by atoms with Crippen LogP contribution in [0.5, 0.6) is 0 Å². The lowest BCUT2D eigenvalue weighted by Crippen LogP contribution is -1.85. The third kappa shape index (κ3) is 2.49. The lowest BCUT2D eigenvalue weighted by Gasteiger charge is -2.05. The van der Waals surface area contributed by atoms with Gasteiger partial charge in [-0.15, -0.1) is 0 Å². The molecule has 0 amide bonds. The van der Waals surface area contributed by atoms with E-state index < -0.39 is 0 Å². The molecule has 18 heavy (non-hydrogen) atoms. The van der Waals surface area contributed by atoms with Crippen LogP contribution in [0.1, 0.15) is 12.5 Å². The average Bonchev–Trinajstić information content (AvgIpc) is 2.43. The van der Waals surface area contributed by atoms with Crippen LogP contribution in [0.15, 0.2) is 57.6 Å². The number of hydrogen-bond donors (Lipinski definition) is 0. The van der Waals surface area contributed by atoms with Crippen molar-refractivity contribution in [3.05, 3.63) is 53.2 Å². The van der Waals surface area contributed by atoms with Gasteiger partial charge in [0.25, 0.3) is 0 Å². The van der Waals surface area contributed by atoms with E-state index in [0.717, 1.165) is 10.9 Å². The molecule has 0 unspecified atom stereocenters. The second-order valence-electron chi connectivity index (χ2n) is 3.75. The third-order valence-corrected chi connectivity index (χ3v) is 2.91. The van der Waals surface area contributed by atoms with Crippen molar-refractivity contribution in [2.75, 3.05) is 0 Å². The maximum atomic E-state index is 6.03. The van der Waals surface area contributed by atoms with Crippen LogP contribution >= 0.6 is 11.6 Å². The highest BCUT2D eigenvalue weighted by molar-refractivity contribution is 6.32. The number of benzene rings is 2. The zero-order valence-electron chi connectivity index (χ0n) is 10.1. The minimum Gasteiger partial charge on any atom is -0.258 e. The van der Waals surface area contributed by atoms with Gasteiger partial charge in [-0.1, -0.05) is 48.0 Å². The Balaban J connectivity index is 2.62. The summed E-state index contributed by atoms with van der Waals surface area (Å²) in [6, 6.07) is 14.2. The maximum absolute atomic E-state index is 6.03. The van der Waals surface area contributed by atoms with Gasteiger partial charge in [0, 0.05) is 11.8 Å². The largest absolute Gasteiger partial charge is 0.258 e. The highest BCUT2D eigenvalue weighted by atomic mass is 35.5. The predicted octanol–water partition coefficient (Wildman–Crippen LogP) is 4.50. The molecule has 0 N–H and O–H groups in total. The molecule has 0 aliphatic carbocycles. The average molecular weight is 257 g/mol. The van der Waals surface area contributed by atoms with Crippen molar-refractivity contribution in [1.82, 2.24) is 0 Å². The van der Waals surface area contributed by atoms with Crippen LogP contribution in [-0.4, -0.2) is 12.9 Å². The first-order chi connectivity index (χ1) is 8.76. The van der Waals surface area contributed by atoms with Crippen molar-refractivity contribution in [2.24, 2.45) is 9.98 Å². The lowest BCUT2D eigenvalue weighted by atomic mass is 10.1. The van der Waals surface area contributed by atoms with Gasteiger partial charge in [-0.2, -0.15) is 0 Å². The zero-order chi connectivity index (χ0) is 13.0. The monoisotopic (exact) mass is 256 g/mol. The third-order valence-electron chi connectivity index (χ3n) is 2.62. The van der Waals surface area contributed by atoms with Gasteiger partial charge in [0.05, 0.1) is 0 Å². The van der Waals surface area contributed by atoms with E-state index in [1.54, 1.807) is 6.21 Å². The quantitative estimate of drug-likeness (QED) is 0.571. The van der Waals surface area contributed by atoms with Crippen LogP contribution in [0.2, 0.25) is 0 Å². The molecule has 0 bridgehead atoms. The molecule has 0 radical (unpaired) electrons. The molecular weight excluding hydrogens is 244 g/mol. The molecule has 3 heteroatoms. The SMILES string of the molecule is C=N/C(Cl)=C(\N=C/C)c1ccc2ccccc2c1. The standard InChI is InChI=1S/C15H13ClN2/c1-3-18-14(15(16)17-2)13-9-8-11-6-4-5-7-12(11)10-13/h3-10H,2H2,1H3/b15-14-,18-3-. The first kappa shape index (κ1) is 12.5. The fraction of sp³-hybridized carbons (Fsp3) is 0.0667. The molecule has 0 aliphatic heterocycles. The Morgan fingerprint density at radius 2 is 1.89 bits per heavy atom. The van der Waals surface area contributed by atoms with E-state index in [1.807, 2.05) is 37.3 Å². The van der Waals surface area contributed by atoms with Gasteiger partial charge < -0.3 is 0 Å². The Labute approximate surface area is 111 Å². The van der Waals surface area contributed by atoms with Crippen LogP contribution < -0.4 is 0 Å². The summed E-state index contributed by atoms with van der Waals surface area (Å²) in [5.74, 6) is 0. The van der Waals surface area contributed by atoms with Crippen LogP contribution in [0.4, 0.5) is 0 Å². The molecule has 2 nitrogen and oxygen atoms in total. The Kier molecular flexibility index (Phi) is 3.90. The number of aliphatic imine (C=N–C) groups is 2. The first-order valence-electron chi connectivity index (χ1n) is 5.60. The molecule has 0 atom stereocenters. The van der Waals surface area contributed by atoms with E-state index in [9.17, 15) is 0 Å². The summed E-state index contributed by atoms with van der Waals surface area (Å²) in [4.78, 5) is 8.01. The summed E-state index contributed by atoms with van der Waals surface area (Å²) in [7, 11) is 0. The Morgan fingerprint density at radius 1 is 1.17 bits per heavy atom. The fourth-order valence-corrected chi connectivity index (χ4v) is 1.95. The molecule has 90 valence electrons. The van der Waals surface area contributed by atoms with Gasteiger partial charge in [0.15, 0.2) is 5.16 Å². The van der Waals surface area contributed by atoms with Gasteiger partial charge in [-0.05, 0) is 30.5 Å². The second kappa shape index (κ2) is 5.61. The van der Waals surface area contributed by atoms with Gasteiger partial charge >= 0.3 is 0 Å². The van der Waals surface area contributed by atoms with Crippen LogP contribution in [0.3, 0.4) is 0 Å². The minimum atomic E-state index is 0.309. The van der Waals surface area contributed by atoms with Gasteiger partial charge in [0.2, 0.25) is 0 Å². The van der Waals surface area contributed by atoms with Crippen molar-refractivity contribution < 1.29 is 0 Å². The molecule has 0 aromatic heterocycles. The van der Waals surface area contributed by atoms with E-state index >= 15 is 0 Å².